The molecule has 0 radical (unpaired) electrons. The lowest BCUT2D eigenvalue weighted by Gasteiger charge is -2.03. The Bertz CT molecular complexity index is 924. The number of hydrogen-bond donors (Lipinski definition) is 2. The van der Waals surface area contributed by atoms with Crippen LogP contribution in [-0.4, -0.2) is 37.3 Å². The molecule has 9 nitrogen and oxygen atoms in total. The van der Waals surface area contributed by atoms with Crippen molar-refractivity contribution in [2.45, 2.75) is 12.3 Å². The van der Waals surface area contributed by atoms with Gasteiger partial charge in [0.15, 0.2) is 5.82 Å². The molecule has 0 aromatic carbocycles. The second-order valence-corrected chi connectivity index (χ2v) is 5.80. The summed E-state index contributed by atoms with van der Waals surface area (Å²) < 4.78 is 5.01. The number of hydrogen-bond acceptors (Lipinski definition) is 8. The minimum Gasteiger partial charge on any atom is -0.343 e. The number of thioether (sulfide) groups is 1. The molecule has 1 amide bonds. The van der Waals surface area contributed by atoms with Crippen LogP contribution in [0.1, 0.15) is 22.1 Å². The summed E-state index contributed by atoms with van der Waals surface area (Å²) in [5, 5.41) is 6.33. The molecule has 3 aromatic heterocycles. The van der Waals surface area contributed by atoms with Crippen molar-refractivity contribution in [1.82, 2.24) is 30.4 Å². The van der Waals surface area contributed by atoms with Crippen molar-refractivity contribution in [3.8, 4) is 11.4 Å². The second kappa shape index (κ2) is 7.71. The molecule has 0 aliphatic heterocycles. The van der Waals surface area contributed by atoms with Crippen molar-refractivity contribution in [2.24, 2.45) is 0 Å². The number of aromatic nitrogens is 5. The molecule has 0 aliphatic carbocycles. The maximum absolute atomic E-state index is 12.1. The number of nitrogens with one attached hydrogen (secondary N) is 2. The third-order valence-electron chi connectivity index (χ3n) is 3.18. The number of aromatic amines is 1. The maximum atomic E-state index is 12.1. The molecule has 2 N–H and O–H groups in total. The molecule has 0 bridgehead atoms. The van der Waals surface area contributed by atoms with Crippen LogP contribution in [0, 0.1) is 0 Å². The molecular weight excluding hydrogens is 344 g/mol. The number of rotatable bonds is 6. The van der Waals surface area contributed by atoms with Gasteiger partial charge in [0.05, 0.1) is 12.3 Å². The van der Waals surface area contributed by atoms with Gasteiger partial charge in [0, 0.05) is 24.2 Å². The van der Waals surface area contributed by atoms with Crippen LogP contribution in [0.5, 0.6) is 0 Å². The minimum absolute atomic E-state index is 0.0335. The summed E-state index contributed by atoms with van der Waals surface area (Å²) in [4.78, 5) is 39.0. The van der Waals surface area contributed by atoms with E-state index in [9.17, 15) is 9.59 Å². The van der Waals surface area contributed by atoms with Crippen LogP contribution in [0.3, 0.4) is 0 Å². The molecule has 0 saturated carbocycles. The summed E-state index contributed by atoms with van der Waals surface area (Å²) in [6.07, 6.45) is 6.33. The van der Waals surface area contributed by atoms with Crippen LogP contribution in [0.2, 0.25) is 0 Å². The summed E-state index contributed by atoms with van der Waals surface area (Å²) in [5.74, 6) is 1.24. The molecule has 3 heterocycles. The van der Waals surface area contributed by atoms with Gasteiger partial charge in [0.25, 0.3) is 11.5 Å². The van der Waals surface area contributed by atoms with E-state index in [4.69, 9.17) is 4.52 Å². The summed E-state index contributed by atoms with van der Waals surface area (Å²) in [7, 11) is 0. The van der Waals surface area contributed by atoms with Crippen molar-refractivity contribution < 1.29 is 9.32 Å². The van der Waals surface area contributed by atoms with Crippen LogP contribution in [-0.2, 0) is 12.3 Å². The Labute approximate surface area is 146 Å². The second-order valence-electron chi connectivity index (χ2n) is 4.93. The highest BCUT2D eigenvalue weighted by molar-refractivity contribution is 7.97. The van der Waals surface area contributed by atoms with Gasteiger partial charge in [-0.1, -0.05) is 5.16 Å². The number of pyridine rings is 1. The average Bonchev–Trinajstić information content (AvgIpc) is 3.08. The van der Waals surface area contributed by atoms with E-state index in [-0.39, 0.29) is 18.0 Å². The predicted octanol–water partition coefficient (Wildman–Crippen LogP) is 1.01. The Kier molecular flexibility index (Phi) is 5.19. The molecule has 128 valence electrons. The van der Waals surface area contributed by atoms with Crippen molar-refractivity contribution in [1.29, 1.82) is 0 Å². The summed E-state index contributed by atoms with van der Waals surface area (Å²) in [6.45, 7) is 0.0335. The smallest absolute Gasteiger partial charge is 0.264 e. The van der Waals surface area contributed by atoms with E-state index in [1.54, 1.807) is 36.3 Å². The van der Waals surface area contributed by atoms with E-state index < -0.39 is 11.5 Å². The number of amides is 1. The SMILES string of the molecule is CSCc1noc(CNC(=O)c2cnc(-c3ccncc3)[nH]c2=O)n1. The van der Waals surface area contributed by atoms with Crippen molar-refractivity contribution in [2.75, 3.05) is 6.26 Å². The van der Waals surface area contributed by atoms with Crippen LogP contribution >= 0.6 is 11.8 Å². The number of H-pyrrole nitrogens is 1. The Balaban J connectivity index is 1.68. The molecule has 3 rings (SSSR count). The lowest BCUT2D eigenvalue weighted by Crippen LogP contribution is -2.29. The first-order valence-electron chi connectivity index (χ1n) is 7.25. The Morgan fingerprint density at radius 2 is 2.16 bits per heavy atom. The number of nitrogens with zero attached hydrogens (tertiary/aromatic N) is 4. The molecule has 0 fully saturated rings. The van der Waals surface area contributed by atoms with Crippen LogP contribution < -0.4 is 10.9 Å². The molecule has 0 unspecified atom stereocenters. The zero-order valence-electron chi connectivity index (χ0n) is 13.2. The first-order chi connectivity index (χ1) is 12.2. The summed E-state index contributed by atoms with van der Waals surface area (Å²) in [5.41, 5.74) is 0.0702. The van der Waals surface area contributed by atoms with Crippen molar-refractivity contribution >= 4 is 17.7 Å². The van der Waals surface area contributed by atoms with Gasteiger partial charge >= 0.3 is 0 Å². The van der Waals surface area contributed by atoms with E-state index in [1.165, 1.54) is 6.20 Å². The molecule has 0 aliphatic rings. The van der Waals surface area contributed by atoms with Crippen LogP contribution in [0.25, 0.3) is 11.4 Å². The zero-order chi connectivity index (χ0) is 17.6. The quantitative estimate of drug-likeness (QED) is 0.668. The normalized spacial score (nSPS) is 10.6. The minimum atomic E-state index is -0.570. The largest absolute Gasteiger partial charge is 0.343 e. The van der Waals surface area contributed by atoms with Crippen molar-refractivity contribution in [3.05, 3.63) is 58.4 Å². The molecule has 0 atom stereocenters. The van der Waals surface area contributed by atoms with Gasteiger partial charge in [-0.2, -0.15) is 16.7 Å². The van der Waals surface area contributed by atoms with E-state index in [2.05, 4.69) is 30.4 Å². The standard InChI is InChI=1S/C15H14N6O3S/c1-25-8-11-19-12(24-21-11)7-18-14(22)10-6-17-13(20-15(10)23)9-2-4-16-5-3-9/h2-6H,7-8H2,1H3,(H,18,22)(H,17,20,23). The fourth-order valence-corrected chi connectivity index (χ4v) is 2.39. The fraction of sp³-hybridized carbons (Fsp3) is 0.200. The van der Waals surface area contributed by atoms with E-state index in [0.717, 1.165) is 0 Å². The molecule has 0 spiro atoms. The van der Waals surface area contributed by atoms with E-state index >= 15 is 0 Å². The highest BCUT2D eigenvalue weighted by atomic mass is 32.2. The molecule has 3 aromatic rings. The number of carbonyl (C=O) groups is 1. The van der Waals surface area contributed by atoms with Gasteiger partial charge < -0.3 is 14.8 Å². The molecule has 25 heavy (non-hydrogen) atoms. The van der Waals surface area contributed by atoms with Gasteiger partial charge in [0.1, 0.15) is 11.4 Å². The van der Waals surface area contributed by atoms with E-state index in [1.807, 2.05) is 6.26 Å². The van der Waals surface area contributed by atoms with E-state index in [0.29, 0.717) is 23.0 Å². The molecular formula is C15H14N6O3S. The highest BCUT2D eigenvalue weighted by Crippen LogP contribution is 2.10. The zero-order valence-corrected chi connectivity index (χ0v) is 14.0. The topological polar surface area (TPSA) is 127 Å². The third-order valence-corrected chi connectivity index (χ3v) is 3.73. The first-order valence-corrected chi connectivity index (χ1v) is 8.65. The van der Waals surface area contributed by atoms with Gasteiger partial charge in [-0.15, -0.1) is 0 Å². The first kappa shape index (κ1) is 16.8. The lowest BCUT2D eigenvalue weighted by molar-refractivity contribution is 0.0944. The summed E-state index contributed by atoms with van der Waals surface area (Å²) >= 11 is 1.56. The average molecular weight is 358 g/mol. The molecule has 10 heteroatoms. The Morgan fingerprint density at radius 3 is 2.88 bits per heavy atom. The molecule has 0 saturated heterocycles. The number of carbonyl (C=O) groups excluding carboxylic acids is 1. The van der Waals surface area contributed by atoms with Crippen molar-refractivity contribution in [3.63, 3.8) is 0 Å². The fourth-order valence-electron chi connectivity index (χ4n) is 2.01. The highest BCUT2D eigenvalue weighted by Gasteiger charge is 2.14. The van der Waals surface area contributed by atoms with Gasteiger partial charge in [0.2, 0.25) is 5.89 Å². The maximum Gasteiger partial charge on any atom is 0.264 e. The van der Waals surface area contributed by atoms with Gasteiger partial charge in [-0.05, 0) is 18.4 Å². The summed E-state index contributed by atoms with van der Waals surface area (Å²) in [6, 6.07) is 3.42. The van der Waals surface area contributed by atoms with Crippen LogP contribution in [0.4, 0.5) is 0 Å². The Morgan fingerprint density at radius 1 is 1.36 bits per heavy atom. The third kappa shape index (κ3) is 4.10. The Hall–Kier alpha value is -3.01. The van der Waals surface area contributed by atoms with Gasteiger partial charge in [-0.3, -0.25) is 14.6 Å². The lowest BCUT2D eigenvalue weighted by atomic mass is 10.2. The van der Waals surface area contributed by atoms with Gasteiger partial charge in [-0.25, -0.2) is 4.98 Å². The predicted molar refractivity (Wildman–Crippen MR) is 90.8 cm³/mol. The van der Waals surface area contributed by atoms with Crippen LogP contribution in [0.15, 0.2) is 40.0 Å². The monoisotopic (exact) mass is 358 g/mol.